The molecule has 0 atom stereocenters. The summed E-state index contributed by atoms with van der Waals surface area (Å²) in [6.07, 6.45) is 6.75. The van der Waals surface area contributed by atoms with Gasteiger partial charge in [0.1, 0.15) is 0 Å². The van der Waals surface area contributed by atoms with E-state index in [1.165, 1.54) is 0 Å². The van der Waals surface area contributed by atoms with Crippen molar-refractivity contribution in [3.05, 3.63) is 24.0 Å². The van der Waals surface area contributed by atoms with Crippen LogP contribution in [0.25, 0.3) is 0 Å². The number of carbonyl (C=O) groups is 1. The molecule has 4 heteroatoms. The van der Waals surface area contributed by atoms with Gasteiger partial charge in [-0.25, -0.2) is 0 Å². The molecule has 0 unspecified atom stereocenters. The first-order valence-electron chi connectivity index (χ1n) is 7.07. The molecule has 1 aromatic rings. The van der Waals surface area contributed by atoms with Crippen molar-refractivity contribution in [2.45, 2.75) is 33.1 Å². The first-order chi connectivity index (χ1) is 9.15. The highest BCUT2D eigenvalue weighted by Gasteiger charge is 2.37. The predicted molar refractivity (Wildman–Crippen MR) is 77.3 cm³/mol. The van der Waals surface area contributed by atoms with Crippen LogP contribution in [0.4, 0.5) is 5.69 Å². The van der Waals surface area contributed by atoms with Crippen LogP contribution in [0.15, 0.2) is 18.5 Å². The molecule has 0 aromatic carbocycles. The van der Waals surface area contributed by atoms with Crippen molar-refractivity contribution >= 4 is 11.6 Å². The Balaban J connectivity index is 2.18. The second-order valence-corrected chi connectivity index (χ2v) is 5.36. The van der Waals surface area contributed by atoms with Crippen LogP contribution in [0.1, 0.15) is 43.5 Å². The fraction of sp³-hybridized carbons (Fsp3) is 0.600. The van der Waals surface area contributed by atoms with Crippen molar-refractivity contribution in [2.75, 3.05) is 25.5 Å². The zero-order valence-corrected chi connectivity index (χ0v) is 12.1. The van der Waals surface area contributed by atoms with E-state index in [1.54, 1.807) is 12.4 Å². The van der Waals surface area contributed by atoms with Gasteiger partial charge in [-0.1, -0.05) is 13.8 Å². The molecule has 0 bridgehead atoms. The molecular formula is C15H23N3O. The maximum absolute atomic E-state index is 12.6. The van der Waals surface area contributed by atoms with Crippen LogP contribution in [0.2, 0.25) is 0 Å². The molecule has 19 heavy (non-hydrogen) atoms. The molecule has 0 saturated carbocycles. The van der Waals surface area contributed by atoms with Crippen LogP contribution < -0.4 is 5.32 Å². The summed E-state index contributed by atoms with van der Waals surface area (Å²) >= 11 is 0. The van der Waals surface area contributed by atoms with Crippen molar-refractivity contribution in [3.63, 3.8) is 0 Å². The van der Waals surface area contributed by atoms with Crippen molar-refractivity contribution in [1.29, 1.82) is 0 Å². The van der Waals surface area contributed by atoms with Crippen LogP contribution in [0.5, 0.6) is 0 Å². The van der Waals surface area contributed by atoms with Gasteiger partial charge in [-0.3, -0.25) is 9.78 Å². The van der Waals surface area contributed by atoms with E-state index in [0.717, 1.165) is 38.0 Å². The molecular weight excluding hydrogens is 238 g/mol. The molecule has 1 amide bonds. The van der Waals surface area contributed by atoms with Crippen molar-refractivity contribution in [3.8, 4) is 0 Å². The lowest BCUT2D eigenvalue weighted by atomic mass is 9.82. The largest absolute Gasteiger partial charge is 0.387 e. The summed E-state index contributed by atoms with van der Waals surface area (Å²) in [5.41, 5.74) is 1.84. The van der Waals surface area contributed by atoms with Gasteiger partial charge in [-0.05, 0) is 30.7 Å². The lowest BCUT2D eigenvalue weighted by molar-refractivity contribution is 0.0770. The van der Waals surface area contributed by atoms with Crippen molar-refractivity contribution < 1.29 is 4.79 Å². The normalized spacial score (nSPS) is 17.5. The Morgan fingerprint density at radius 3 is 2.79 bits per heavy atom. The summed E-state index contributed by atoms with van der Waals surface area (Å²) in [4.78, 5) is 18.6. The van der Waals surface area contributed by atoms with E-state index in [1.807, 2.05) is 18.0 Å². The first-order valence-corrected chi connectivity index (χ1v) is 7.07. The average Bonchev–Trinajstić information content (AvgIpc) is 2.91. The van der Waals surface area contributed by atoms with E-state index in [4.69, 9.17) is 0 Å². The highest BCUT2D eigenvalue weighted by atomic mass is 16.2. The molecule has 1 aromatic heterocycles. The molecule has 1 fully saturated rings. The Morgan fingerprint density at radius 2 is 2.21 bits per heavy atom. The molecule has 1 aliphatic heterocycles. The zero-order valence-electron chi connectivity index (χ0n) is 12.1. The van der Waals surface area contributed by atoms with E-state index in [-0.39, 0.29) is 5.91 Å². The summed E-state index contributed by atoms with van der Waals surface area (Å²) in [6, 6.07) is 1.84. The Kier molecular flexibility index (Phi) is 4.08. The van der Waals surface area contributed by atoms with Gasteiger partial charge in [-0.15, -0.1) is 0 Å². The van der Waals surface area contributed by atoms with Crippen LogP contribution in [0.3, 0.4) is 0 Å². The Hall–Kier alpha value is -1.58. The molecule has 4 nitrogen and oxygen atoms in total. The van der Waals surface area contributed by atoms with Crippen LogP contribution in [0, 0.1) is 5.41 Å². The maximum Gasteiger partial charge on any atom is 0.257 e. The van der Waals surface area contributed by atoms with Crippen LogP contribution in [-0.4, -0.2) is 35.9 Å². The van der Waals surface area contributed by atoms with E-state index >= 15 is 0 Å². The number of hydrogen-bond donors (Lipinski definition) is 1. The number of pyridine rings is 1. The third-order valence-electron chi connectivity index (χ3n) is 4.55. The average molecular weight is 261 g/mol. The monoisotopic (exact) mass is 261 g/mol. The summed E-state index contributed by atoms with van der Waals surface area (Å²) in [5.74, 6) is 0.0984. The number of rotatable bonds is 4. The van der Waals surface area contributed by atoms with Crippen LogP contribution >= 0.6 is 0 Å². The zero-order chi connectivity index (χ0) is 13.9. The quantitative estimate of drug-likeness (QED) is 0.906. The number of aromatic nitrogens is 1. The van der Waals surface area contributed by atoms with Gasteiger partial charge >= 0.3 is 0 Å². The van der Waals surface area contributed by atoms with Gasteiger partial charge in [0.05, 0.1) is 5.56 Å². The Labute approximate surface area is 115 Å². The van der Waals surface area contributed by atoms with E-state index in [0.29, 0.717) is 11.0 Å². The standard InChI is InChI=1S/C15H23N3O/c1-4-15(5-2)7-9-18(11-15)14(19)12-10-17-8-6-13(12)16-3/h6,8,10H,4-5,7,9,11H2,1-3H3,(H,16,17). The van der Waals surface area contributed by atoms with Gasteiger partial charge < -0.3 is 10.2 Å². The van der Waals surface area contributed by atoms with Crippen molar-refractivity contribution in [1.82, 2.24) is 9.88 Å². The highest BCUT2D eigenvalue weighted by Crippen LogP contribution is 2.37. The summed E-state index contributed by atoms with van der Waals surface area (Å²) in [5, 5.41) is 3.06. The molecule has 104 valence electrons. The molecule has 1 aliphatic rings. The molecule has 1 saturated heterocycles. The maximum atomic E-state index is 12.6. The van der Waals surface area contributed by atoms with Gasteiger partial charge in [0.25, 0.3) is 5.91 Å². The topological polar surface area (TPSA) is 45.2 Å². The summed E-state index contributed by atoms with van der Waals surface area (Å²) < 4.78 is 0. The highest BCUT2D eigenvalue weighted by molar-refractivity contribution is 5.99. The van der Waals surface area contributed by atoms with Gasteiger partial charge in [0.2, 0.25) is 0 Å². The SMILES string of the molecule is CCC1(CC)CCN(C(=O)c2cnccc2NC)C1. The predicted octanol–water partition coefficient (Wildman–Crippen LogP) is 2.78. The molecule has 0 spiro atoms. The lowest BCUT2D eigenvalue weighted by Gasteiger charge is -2.26. The Morgan fingerprint density at radius 1 is 1.47 bits per heavy atom. The summed E-state index contributed by atoms with van der Waals surface area (Å²) in [7, 11) is 1.83. The number of hydrogen-bond acceptors (Lipinski definition) is 3. The second kappa shape index (κ2) is 5.59. The van der Waals surface area contributed by atoms with Gasteiger partial charge in [-0.2, -0.15) is 0 Å². The minimum atomic E-state index is 0.0984. The first kappa shape index (κ1) is 13.8. The van der Waals surface area contributed by atoms with E-state index in [2.05, 4.69) is 24.1 Å². The third kappa shape index (κ3) is 2.57. The molecule has 2 heterocycles. The van der Waals surface area contributed by atoms with Gasteiger partial charge in [0, 0.05) is 38.2 Å². The molecule has 0 radical (unpaired) electrons. The number of nitrogens with one attached hydrogen (secondary N) is 1. The third-order valence-corrected chi connectivity index (χ3v) is 4.55. The molecule has 0 aliphatic carbocycles. The minimum Gasteiger partial charge on any atom is -0.387 e. The van der Waals surface area contributed by atoms with Crippen molar-refractivity contribution in [2.24, 2.45) is 5.41 Å². The number of nitrogens with zero attached hydrogens (tertiary/aromatic N) is 2. The lowest BCUT2D eigenvalue weighted by Crippen LogP contribution is -2.32. The minimum absolute atomic E-state index is 0.0984. The fourth-order valence-corrected chi connectivity index (χ4v) is 2.89. The number of amides is 1. The number of carbonyl (C=O) groups excluding carboxylic acids is 1. The summed E-state index contributed by atoms with van der Waals surface area (Å²) in [6.45, 7) is 6.18. The smallest absolute Gasteiger partial charge is 0.257 e. The Bertz CT molecular complexity index is 454. The number of anilines is 1. The number of likely N-dealkylation sites (tertiary alicyclic amines) is 1. The second-order valence-electron chi connectivity index (χ2n) is 5.36. The van der Waals surface area contributed by atoms with E-state index < -0.39 is 0 Å². The van der Waals surface area contributed by atoms with E-state index in [9.17, 15) is 4.79 Å². The molecule has 1 N–H and O–H groups in total. The van der Waals surface area contributed by atoms with Gasteiger partial charge in [0.15, 0.2) is 0 Å². The van der Waals surface area contributed by atoms with Crippen LogP contribution in [-0.2, 0) is 0 Å². The molecule has 2 rings (SSSR count). The fourth-order valence-electron chi connectivity index (χ4n) is 2.89.